The lowest BCUT2D eigenvalue weighted by Crippen LogP contribution is -2.30. The highest BCUT2D eigenvalue weighted by molar-refractivity contribution is 5.98. The fourth-order valence-corrected chi connectivity index (χ4v) is 3.45. The molecule has 0 aliphatic heterocycles. The lowest BCUT2D eigenvalue weighted by atomic mass is 10.0. The summed E-state index contributed by atoms with van der Waals surface area (Å²) in [7, 11) is 1.46. The van der Waals surface area contributed by atoms with Gasteiger partial charge >= 0.3 is 0 Å². The first kappa shape index (κ1) is 19.7. The van der Waals surface area contributed by atoms with Crippen LogP contribution in [0.25, 0.3) is 21.7 Å². The van der Waals surface area contributed by atoms with Gasteiger partial charge in [0.05, 0.1) is 11.4 Å². The summed E-state index contributed by atoms with van der Waals surface area (Å²) in [4.78, 5) is 31.4. The molecule has 4 aromatic rings. The van der Waals surface area contributed by atoms with Gasteiger partial charge in [0.15, 0.2) is 23.3 Å². The summed E-state index contributed by atoms with van der Waals surface area (Å²) in [6.07, 6.45) is 1.33. The van der Waals surface area contributed by atoms with Crippen molar-refractivity contribution < 1.29 is 22.4 Å². The Kier molecular flexibility index (Phi) is 4.60. The molecule has 0 saturated carbocycles. The Hall–Kier alpha value is -3.62. The molecule has 4 rings (SSSR count). The molecule has 0 radical (unpaired) electrons. The summed E-state index contributed by atoms with van der Waals surface area (Å²) >= 11 is 0. The smallest absolute Gasteiger partial charge is 0.270 e. The minimum absolute atomic E-state index is 0.0230. The van der Waals surface area contributed by atoms with Crippen LogP contribution in [0.15, 0.2) is 41.3 Å². The minimum atomic E-state index is -1.16. The third-order valence-electron chi connectivity index (χ3n) is 5.25. The maximum atomic E-state index is 14.0. The number of aromatic nitrogens is 2. The van der Waals surface area contributed by atoms with Gasteiger partial charge in [0.25, 0.3) is 11.5 Å². The van der Waals surface area contributed by atoms with Gasteiger partial charge in [0.2, 0.25) is 0 Å². The van der Waals surface area contributed by atoms with E-state index in [-0.39, 0.29) is 27.4 Å². The van der Waals surface area contributed by atoms with Crippen molar-refractivity contribution >= 4 is 27.6 Å². The van der Waals surface area contributed by atoms with Gasteiger partial charge in [-0.1, -0.05) is 0 Å². The highest BCUT2D eigenvalue weighted by Crippen LogP contribution is 2.29. The topological polar surface area (TPSA) is 69.0 Å². The van der Waals surface area contributed by atoms with Crippen LogP contribution in [-0.2, 0) is 0 Å². The van der Waals surface area contributed by atoms with E-state index in [1.54, 1.807) is 6.92 Å². The summed E-state index contributed by atoms with van der Waals surface area (Å²) in [5.41, 5.74) is 0.0646. The molecule has 0 fully saturated rings. The number of nitrogens with zero attached hydrogens (tertiary/aromatic N) is 1. The second-order valence-corrected chi connectivity index (χ2v) is 6.98. The lowest BCUT2D eigenvalue weighted by Gasteiger charge is -2.25. The first-order valence-corrected chi connectivity index (χ1v) is 8.93. The molecule has 154 valence electrons. The Labute approximate surface area is 166 Å². The number of hydrogen-bond acceptors (Lipinski definition) is 2. The second kappa shape index (κ2) is 7.01. The van der Waals surface area contributed by atoms with Gasteiger partial charge in [0.1, 0.15) is 5.69 Å². The maximum absolute atomic E-state index is 14.0. The van der Waals surface area contributed by atoms with Crippen molar-refractivity contribution in [3.05, 3.63) is 81.4 Å². The summed E-state index contributed by atoms with van der Waals surface area (Å²) < 4.78 is 54.8. The quantitative estimate of drug-likeness (QED) is 0.485. The van der Waals surface area contributed by atoms with E-state index < -0.39 is 40.8 Å². The Morgan fingerprint density at radius 1 is 0.967 bits per heavy atom. The zero-order valence-corrected chi connectivity index (χ0v) is 15.8. The van der Waals surface area contributed by atoms with Crippen molar-refractivity contribution in [2.75, 3.05) is 7.05 Å². The van der Waals surface area contributed by atoms with Crippen molar-refractivity contribution in [1.82, 2.24) is 14.9 Å². The fraction of sp³-hybridized carbons (Fsp3) is 0.143. The number of nitrogens with one attached hydrogen (secondary N) is 2. The molecular formula is C21H15F4N3O2. The van der Waals surface area contributed by atoms with Crippen LogP contribution in [0.5, 0.6) is 0 Å². The fourth-order valence-electron chi connectivity index (χ4n) is 3.45. The van der Waals surface area contributed by atoms with Crippen molar-refractivity contribution in [1.29, 1.82) is 0 Å². The van der Waals surface area contributed by atoms with E-state index in [2.05, 4.69) is 9.97 Å². The number of benzene rings is 2. The lowest BCUT2D eigenvalue weighted by molar-refractivity contribution is 0.0738. The number of pyridine rings is 1. The monoisotopic (exact) mass is 417 g/mol. The van der Waals surface area contributed by atoms with E-state index in [0.717, 1.165) is 18.2 Å². The third kappa shape index (κ3) is 3.02. The zero-order chi connectivity index (χ0) is 21.7. The van der Waals surface area contributed by atoms with E-state index in [9.17, 15) is 27.2 Å². The van der Waals surface area contributed by atoms with Crippen LogP contribution in [0, 0.1) is 23.3 Å². The number of carbonyl (C=O) groups is 1. The molecule has 0 aliphatic rings. The molecule has 0 aliphatic carbocycles. The molecule has 0 unspecified atom stereocenters. The van der Waals surface area contributed by atoms with Gasteiger partial charge in [-0.05, 0) is 48.2 Å². The molecule has 2 heterocycles. The maximum Gasteiger partial charge on any atom is 0.270 e. The van der Waals surface area contributed by atoms with E-state index in [1.807, 2.05) is 0 Å². The normalized spacial score (nSPS) is 12.5. The largest absolute Gasteiger partial charge is 0.350 e. The van der Waals surface area contributed by atoms with Crippen LogP contribution in [-0.4, -0.2) is 27.8 Å². The molecule has 2 aromatic heterocycles. The highest BCUT2D eigenvalue weighted by Gasteiger charge is 2.24. The standard InChI is InChI=1S/C21H15F4N3O2/c1-9(13-8-26-20(29)11-6-16(24)15(23)5-10(11)13)28(2)21(30)18-7-12-17(27-18)4-3-14(22)19(12)25/h3-9,27H,1-2H3,(H,26,29)/t9-/m1/s1. The van der Waals surface area contributed by atoms with Crippen molar-refractivity contribution in [2.45, 2.75) is 13.0 Å². The van der Waals surface area contributed by atoms with E-state index in [4.69, 9.17) is 0 Å². The Balaban J connectivity index is 1.75. The number of amides is 1. The Morgan fingerprint density at radius 3 is 2.33 bits per heavy atom. The third-order valence-corrected chi connectivity index (χ3v) is 5.25. The number of halogens is 4. The molecule has 9 heteroatoms. The van der Waals surface area contributed by atoms with Gasteiger partial charge in [-0.2, -0.15) is 0 Å². The molecule has 1 atom stereocenters. The van der Waals surface area contributed by atoms with Gasteiger partial charge in [-0.15, -0.1) is 0 Å². The molecule has 30 heavy (non-hydrogen) atoms. The molecule has 0 bridgehead atoms. The number of H-pyrrole nitrogens is 2. The first-order chi connectivity index (χ1) is 14.2. The van der Waals surface area contributed by atoms with Gasteiger partial charge in [-0.25, -0.2) is 17.6 Å². The predicted molar refractivity (Wildman–Crippen MR) is 103 cm³/mol. The Bertz CT molecular complexity index is 1380. The Morgan fingerprint density at radius 2 is 1.63 bits per heavy atom. The number of rotatable bonds is 3. The molecule has 0 saturated heterocycles. The van der Waals surface area contributed by atoms with Gasteiger partial charge in [-0.3, -0.25) is 9.59 Å². The average molecular weight is 417 g/mol. The summed E-state index contributed by atoms with van der Waals surface area (Å²) in [5, 5.41) is 0.0447. The van der Waals surface area contributed by atoms with Crippen LogP contribution < -0.4 is 5.56 Å². The molecular weight excluding hydrogens is 402 g/mol. The first-order valence-electron chi connectivity index (χ1n) is 8.93. The molecule has 2 aromatic carbocycles. The SMILES string of the molecule is C[C@H](c1c[nH]c(=O)c2cc(F)c(F)cc12)N(C)C(=O)c1cc2c(F)c(F)ccc2[nH]1. The summed E-state index contributed by atoms with van der Waals surface area (Å²) in [5.74, 6) is -4.92. The zero-order valence-electron chi connectivity index (χ0n) is 15.8. The molecule has 2 N–H and O–H groups in total. The number of aromatic amines is 2. The molecule has 1 amide bonds. The van der Waals surface area contributed by atoms with Crippen molar-refractivity contribution in [3.63, 3.8) is 0 Å². The minimum Gasteiger partial charge on any atom is -0.350 e. The van der Waals surface area contributed by atoms with Crippen LogP contribution in [0.4, 0.5) is 17.6 Å². The number of hydrogen-bond donors (Lipinski definition) is 2. The second-order valence-electron chi connectivity index (χ2n) is 6.98. The predicted octanol–water partition coefficient (Wildman–Crippen LogP) is 4.40. The van der Waals surface area contributed by atoms with E-state index >= 15 is 0 Å². The van der Waals surface area contributed by atoms with E-state index in [1.165, 1.54) is 30.3 Å². The van der Waals surface area contributed by atoms with Crippen molar-refractivity contribution in [2.24, 2.45) is 0 Å². The van der Waals surface area contributed by atoms with E-state index in [0.29, 0.717) is 5.56 Å². The van der Waals surface area contributed by atoms with Crippen LogP contribution in [0.2, 0.25) is 0 Å². The van der Waals surface area contributed by atoms with Crippen LogP contribution in [0.1, 0.15) is 29.0 Å². The summed E-state index contributed by atoms with van der Waals surface area (Å²) in [6, 6.07) is 4.52. The van der Waals surface area contributed by atoms with Crippen LogP contribution >= 0.6 is 0 Å². The number of fused-ring (bicyclic) bond motifs is 2. The summed E-state index contributed by atoms with van der Waals surface area (Å²) in [6.45, 7) is 1.63. The average Bonchev–Trinajstić information content (AvgIpc) is 3.16. The molecule has 5 nitrogen and oxygen atoms in total. The van der Waals surface area contributed by atoms with Gasteiger partial charge in [0, 0.05) is 24.1 Å². The van der Waals surface area contributed by atoms with Gasteiger partial charge < -0.3 is 14.9 Å². The molecule has 0 spiro atoms. The van der Waals surface area contributed by atoms with Crippen LogP contribution in [0.3, 0.4) is 0 Å². The van der Waals surface area contributed by atoms with Crippen molar-refractivity contribution in [3.8, 4) is 0 Å². The highest BCUT2D eigenvalue weighted by atomic mass is 19.2. The number of carbonyl (C=O) groups excluding carboxylic acids is 1.